The van der Waals surface area contributed by atoms with Gasteiger partial charge in [-0.3, -0.25) is 0 Å². The number of rotatable bonds is 5. The average molecular weight is 271 g/mol. The van der Waals surface area contributed by atoms with Gasteiger partial charge in [-0.25, -0.2) is 8.78 Å². The minimum absolute atomic E-state index is 0.0984. The van der Waals surface area contributed by atoms with E-state index in [4.69, 9.17) is 4.74 Å². The molecule has 0 saturated carbocycles. The van der Waals surface area contributed by atoms with Crippen molar-refractivity contribution in [3.63, 3.8) is 0 Å². The molecule has 1 rings (SSSR count). The lowest BCUT2D eigenvalue weighted by Crippen LogP contribution is -2.35. The molecule has 1 unspecified atom stereocenters. The van der Waals surface area contributed by atoms with Crippen LogP contribution in [0.3, 0.4) is 0 Å². The fourth-order valence-electron chi connectivity index (χ4n) is 1.48. The highest BCUT2D eigenvalue weighted by Gasteiger charge is 2.16. The second-order valence-electron chi connectivity index (χ2n) is 5.83. The molecule has 0 radical (unpaired) electrons. The van der Waals surface area contributed by atoms with E-state index in [1.807, 2.05) is 27.7 Å². The van der Waals surface area contributed by atoms with Gasteiger partial charge in [-0.15, -0.1) is 0 Å². The third-order valence-electron chi connectivity index (χ3n) is 2.77. The normalized spacial score (nSPS) is 13.4. The molecule has 1 atom stereocenters. The van der Waals surface area contributed by atoms with Gasteiger partial charge >= 0.3 is 0 Å². The van der Waals surface area contributed by atoms with Gasteiger partial charge in [0.25, 0.3) is 0 Å². The van der Waals surface area contributed by atoms with Gasteiger partial charge in [-0.1, -0.05) is 6.92 Å². The fourth-order valence-corrected chi connectivity index (χ4v) is 1.48. The highest BCUT2D eigenvalue weighted by Crippen LogP contribution is 2.25. The van der Waals surface area contributed by atoms with Crippen LogP contribution >= 0.6 is 0 Å². The minimum atomic E-state index is -0.647. The Morgan fingerprint density at radius 2 is 1.74 bits per heavy atom. The van der Waals surface area contributed by atoms with Crippen LogP contribution in [0, 0.1) is 11.6 Å². The van der Waals surface area contributed by atoms with Gasteiger partial charge in [0.1, 0.15) is 0 Å². The molecule has 2 nitrogen and oxygen atoms in total. The second kappa shape index (κ2) is 6.33. The minimum Gasteiger partial charge on any atom is -0.485 e. The highest BCUT2D eigenvalue weighted by atomic mass is 19.1. The Morgan fingerprint density at radius 1 is 1.21 bits per heavy atom. The van der Waals surface area contributed by atoms with Gasteiger partial charge in [0.05, 0.1) is 6.10 Å². The predicted octanol–water partition coefficient (Wildman–Crippen LogP) is 4.03. The lowest BCUT2D eigenvalue weighted by atomic mass is 10.1. The molecule has 0 aliphatic heterocycles. The Balaban J connectivity index is 2.84. The highest BCUT2D eigenvalue weighted by molar-refractivity contribution is 5.31. The van der Waals surface area contributed by atoms with Crippen molar-refractivity contribution in [3.05, 3.63) is 29.3 Å². The van der Waals surface area contributed by atoms with Crippen LogP contribution in [-0.4, -0.2) is 11.6 Å². The van der Waals surface area contributed by atoms with E-state index in [0.717, 1.165) is 0 Å². The van der Waals surface area contributed by atoms with E-state index in [1.54, 1.807) is 6.92 Å². The summed E-state index contributed by atoms with van der Waals surface area (Å²) in [5.41, 5.74) is 0.472. The summed E-state index contributed by atoms with van der Waals surface area (Å²) in [6.07, 6.45) is 0.495. The largest absolute Gasteiger partial charge is 0.485 e. The Morgan fingerprint density at radius 3 is 2.16 bits per heavy atom. The molecule has 0 saturated heterocycles. The first kappa shape index (κ1) is 15.9. The molecule has 0 fully saturated rings. The number of benzene rings is 1. The van der Waals surface area contributed by atoms with Crippen LogP contribution < -0.4 is 10.1 Å². The molecule has 0 bridgehead atoms. The van der Waals surface area contributed by atoms with Crippen LogP contribution in [0.4, 0.5) is 8.78 Å². The molecule has 1 aromatic rings. The molecule has 0 heterocycles. The lowest BCUT2D eigenvalue weighted by molar-refractivity contribution is 0.197. The van der Waals surface area contributed by atoms with Crippen molar-refractivity contribution < 1.29 is 13.5 Å². The van der Waals surface area contributed by atoms with E-state index in [-0.39, 0.29) is 17.4 Å². The fraction of sp³-hybridized carbons (Fsp3) is 0.600. The quantitative estimate of drug-likeness (QED) is 0.873. The second-order valence-corrected chi connectivity index (χ2v) is 5.83. The number of ether oxygens (including phenoxy) is 1. The summed E-state index contributed by atoms with van der Waals surface area (Å²) in [5.74, 6) is -1.58. The van der Waals surface area contributed by atoms with Crippen molar-refractivity contribution >= 4 is 0 Å². The summed E-state index contributed by atoms with van der Waals surface area (Å²) < 4.78 is 32.9. The molecule has 0 aliphatic carbocycles. The van der Waals surface area contributed by atoms with Gasteiger partial charge in [-0.2, -0.15) is 0 Å². The zero-order valence-electron chi connectivity index (χ0n) is 12.3. The molecule has 0 aromatic heterocycles. The Bertz CT molecular complexity index is 404. The van der Waals surface area contributed by atoms with Crippen LogP contribution in [-0.2, 0) is 6.54 Å². The molecule has 0 spiro atoms. The van der Waals surface area contributed by atoms with Crippen LogP contribution in [0.2, 0.25) is 0 Å². The van der Waals surface area contributed by atoms with E-state index in [9.17, 15) is 8.78 Å². The zero-order chi connectivity index (χ0) is 14.6. The van der Waals surface area contributed by atoms with Crippen LogP contribution in [0.1, 0.15) is 46.6 Å². The summed E-state index contributed by atoms with van der Waals surface area (Å²) in [5, 5.41) is 3.19. The zero-order valence-corrected chi connectivity index (χ0v) is 12.3. The number of halogens is 2. The first-order valence-corrected chi connectivity index (χ1v) is 6.62. The molecule has 0 aliphatic rings. The van der Waals surface area contributed by atoms with Gasteiger partial charge in [-0.05, 0) is 51.8 Å². The molecule has 1 N–H and O–H groups in total. The van der Waals surface area contributed by atoms with E-state index >= 15 is 0 Å². The lowest BCUT2D eigenvalue weighted by Gasteiger charge is -2.21. The van der Waals surface area contributed by atoms with Gasteiger partial charge in [0.15, 0.2) is 17.4 Å². The maximum atomic E-state index is 13.8. The van der Waals surface area contributed by atoms with Crippen molar-refractivity contribution in [2.45, 2.75) is 59.2 Å². The number of nitrogens with one attached hydrogen (secondary N) is 1. The summed E-state index contributed by atoms with van der Waals surface area (Å²) >= 11 is 0. The number of hydrogen-bond acceptors (Lipinski definition) is 2. The summed E-state index contributed by atoms with van der Waals surface area (Å²) in [4.78, 5) is 0. The van der Waals surface area contributed by atoms with Crippen LogP contribution in [0.15, 0.2) is 12.1 Å². The monoisotopic (exact) mass is 271 g/mol. The first-order valence-electron chi connectivity index (χ1n) is 6.62. The van der Waals surface area contributed by atoms with Gasteiger partial charge < -0.3 is 10.1 Å². The van der Waals surface area contributed by atoms with Crippen molar-refractivity contribution in [3.8, 4) is 5.75 Å². The SMILES string of the molecule is CCC(C)Oc1c(F)cc(CNC(C)(C)C)cc1F. The molecule has 0 amide bonds. The Labute approximate surface area is 114 Å². The molecule has 1 aromatic carbocycles. The molecular formula is C15H23F2NO. The third kappa shape index (κ3) is 5.15. The maximum Gasteiger partial charge on any atom is 0.191 e. The van der Waals surface area contributed by atoms with Crippen LogP contribution in [0.5, 0.6) is 5.75 Å². The van der Waals surface area contributed by atoms with Crippen LogP contribution in [0.25, 0.3) is 0 Å². The topological polar surface area (TPSA) is 21.3 Å². The summed E-state index contributed by atoms with van der Waals surface area (Å²) in [6.45, 7) is 10.1. The summed E-state index contributed by atoms with van der Waals surface area (Å²) in [6, 6.07) is 2.64. The first-order chi connectivity index (χ1) is 8.73. The van der Waals surface area contributed by atoms with Crippen molar-refractivity contribution in [2.24, 2.45) is 0 Å². The molecule has 108 valence electrons. The predicted molar refractivity (Wildman–Crippen MR) is 73.3 cm³/mol. The van der Waals surface area contributed by atoms with Gasteiger partial charge in [0.2, 0.25) is 0 Å². The smallest absolute Gasteiger partial charge is 0.191 e. The van der Waals surface area contributed by atoms with Crippen molar-refractivity contribution in [2.75, 3.05) is 0 Å². The maximum absolute atomic E-state index is 13.8. The summed E-state index contributed by atoms with van der Waals surface area (Å²) in [7, 11) is 0. The molecule has 19 heavy (non-hydrogen) atoms. The van der Waals surface area contributed by atoms with Gasteiger partial charge in [0, 0.05) is 12.1 Å². The Kier molecular flexibility index (Phi) is 5.29. The van der Waals surface area contributed by atoms with E-state index in [0.29, 0.717) is 18.5 Å². The Hall–Kier alpha value is -1.16. The number of hydrogen-bond donors (Lipinski definition) is 1. The third-order valence-corrected chi connectivity index (χ3v) is 2.77. The van der Waals surface area contributed by atoms with Crippen molar-refractivity contribution in [1.29, 1.82) is 0 Å². The standard InChI is InChI=1S/C15H23F2NO/c1-6-10(2)19-14-12(16)7-11(8-13(14)17)9-18-15(3,4)5/h7-8,10,18H,6,9H2,1-5H3. The molecular weight excluding hydrogens is 248 g/mol. The van der Waals surface area contributed by atoms with E-state index < -0.39 is 11.6 Å². The van der Waals surface area contributed by atoms with E-state index in [1.165, 1.54) is 12.1 Å². The van der Waals surface area contributed by atoms with E-state index in [2.05, 4.69) is 5.32 Å². The van der Waals surface area contributed by atoms with Crippen molar-refractivity contribution in [1.82, 2.24) is 5.32 Å². The average Bonchev–Trinajstić information content (AvgIpc) is 2.30. The molecule has 4 heteroatoms.